The van der Waals surface area contributed by atoms with E-state index in [9.17, 15) is 14.7 Å². The van der Waals surface area contributed by atoms with Crippen molar-refractivity contribution in [3.05, 3.63) is 32.2 Å². The summed E-state index contributed by atoms with van der Waals surface area (Å²) < 4.78 is 0. The van der Waals surface area contributed by atoms with Gasteiger partial charge in [0.1, 0.15) is 5.56 Å². The van der Waals surface area contributed by atoms with E-state index in [1.807, 2.05) is 0 Å². The van der Waals surface area contributed by atoms with Crippen LogP contribution in [0.25, 0.3) is 0 Å². The van der Waals surface area contributed by atoms with Crippen LogP contribution in [0.2, 0.25) is 5.02 Å². The minimum absolute atomic E-state index is 0.00701. The Morgan fingerprint density at radius 2 is 1.92 bits per heavy atom. The number of aromatic amines is 1. The molecule has 1 atom stereocenters. The Morgan fingerprint density at radius 1 is 1.29 bits per heavy atom. The van der Waals surface area contributed by atoms with Crippen LogP contribution in [-0.2, 0) is 0 Å². The summed E-state index contributed by atoms with van der Waals surface area (Å²) in [7, 11) is 0. The molecule has 2 rings (SSSR count). The lowest BCUT2D eigenvalue weighted by Crippen LogP contribution is -2.41. The Morgan fingerprint density at radius 3 is 2.54 bits per heavy atom. The molecule has 1 saturated heterocycles. The fourth-order valence-corrected chi connectivity index (χ4v) is 3.24. The number of aryl methyl sites for hydroxylation is 1. The van der Waals surface area contributed by atoms with E-state index < -0.39 is 17.6 Å². The van der Waals surface area contributed by atoms with Gasteiger partial charge in [-0.3, -0.25) is 9.59 Å². The first kappa shape index (κ1) is 19.0. The summed E-state index contributed by atoms with van der Waals surface area (Å²) in [5.41, 5.74) is 0.538. The Hall–Kier alpha value is -1.37. The van der Waals surface area contributed by atoms with E-state index in [1.54, 1.807) is 13.8 Å². The molecule has 0 bridgehead atoms. The number of pyridine rings is 1. The number of carbonyl (C=O) groups excluding carboxylic acids is 1. The summed E-state index contributed by atoms with van der Waals surface area (Å²) in [4.78, 5) is 29.1. The van der Waals surface area contributed by atoms with Gasteiger partial charge in [0, 0.05) is 18.8 Å². The largest absolute Gasteiger partial charge is 0.390 e. The number of carbonyl (C=O) groups is 1. The Bertz CT molecular complexity index is 637. The fourth-order valence-electron chi connectivity index (χ4n) is 3.10. The molecule has 0 radical (unpaired) electrons. The molecule has 24 heavy (non-hydrogen) atoms. The summed E-state index contributed by atoms with van der Waals surface area (Å²) in [5.74, 6) is -0.509. The molecule has 0 aromatic carbocycles. The number of rotatable bonds is 5. The highest BCUT2D eigenvalue weighted by Gasteiger charge is 2.19. The first-order valence-electron chi connectivity index (χ1n) is 8.47. The lowest BCUT2D eigenvalue weighted by molar-refractivity contribution is 0.0860. The highest BCUT2D eigenvalue weighted by molar-refractivity contribution is 6.32. The van der Waals surface area contributed by atoms with Crippen LogP contribution in [0, 0.1) is 13.8 Å². The molecule has 0 unspecified atom stereocenters. The zero-order chi connectivity index (χ0) is 17.7. The van der Waals surface area contributed by atoms with E-state index in [2.05, 4.69) is 15.2 Å². The van der Waals surface area contributed by atoms with Crippen molar-refractivity contribution in [2.24, 2.45) is 0 Å². The number of halogens is 1. The molecule has 134 valence electrons. The SMILES string of the molecule is Cc1[nH]c(=O)c(C(=O)NC[C@H](O)CN2CCCCCC2)c(C)c1Cl. The van der Waals surface area contributed by atoms with Crippen molar-refractivity contribution in [1.29, 1.82) is 0 Å². The standard InChI is InChI=1S/C17H26ClN3O3/c1-11-14(17(24)20-12(2)15(11)18)16(23)19-9-13(22)10-21-7-5-3-4-6-8-21/h13,22H,3-10H2,1-2H3,(H,19,23)(H,20,24)/t13-/m0/s1. The first-order valence-corrected chi connectivity index (χ1v) is 8.85. The quantitative estimate of drug-likeness (QED) is 0.749. The molecule has 0 spiro atoms. The zero-order valence-electron chi connectivity index (χ0n) is 14.3. The van der Waals surface area contributed by atoms with Crippen molar-refractivity contribution in [3.63, 3.8) is 0 Å². The van der Waals surface area contributed by atoms with Crippen molar-refractivity contribution in [2.75, 3.05) is 26.2 Å². The third kappa shape index (κ3) is 4.82. The van der Waals surface area contributed by atoms with E-state index in [0.29, 0.717) is 22.8 Å². The molecule has 1 aliphatic heterocycles. The predicted octanol–water partition coefficient (Wildman–Crippen LogP) is 1.61. The smallest absolute Gasteiger partial charge is 0.261 e. The average molecular weight is 356 g/mol. The van der Waals surface area contributed by atoms with Gasteiger partial charge in [0.05, 0.1) is 11.1 Å². The number of nitrogens with zero attached hydrogens (tertiary/aromatic N) is 1. The summed E-state index contributed by atoms with van der Waals surface area (Å²) >= 11 is 6.10. The van der Waals surface area contributed by atoms with Crippen molar-refractivity contribution >= 4 is 17.5 Å². The average Bonchev–Trinajstić information content (AvgIpc) is 2.79. The summed E-state index contributed by atoms with van der Waals surface area (Å²) in [6.45, 7) is 5.94. The third-order valence-electron chi connectivity index (χ3n) is 4.45. The summed E-state index contributed by atoms with van der Waals surface area (Å²) in [6.07, 6.45) is 4.11. The number of β-amino-alcohol motifs (C(OH)–C–C–N with tert-alkyl or cyclic N) is 1. The van der Waals surface area contributed by atoms with Crippen molar-refractivity contribution in [3.8, 4) is 0 Å². The fraction of sp³-hybridized carbons (Fsp3) is 0.647. The third-order valence-corrected chi connectivity index (χ3v) is 5.02. The summed E-state index contributed by atoms with van der Waals surface area (Å²) in [5, 5.41) is 13.2. The second-order valence-electron chi connectivity index (χ2n) is 6.47. The van der Waals surface area contributed by atoms with Crippen LogP contribution in [0.5, 0.6) is 0 Å². The van der Waals surface area contributed by atoms with E-state index in [0.717, 1.165) is 25.9 Å². The van der Waals surface area contributed by atoms with Gasteiger partial charge in [-0.2, -0.15) is 0 Å². The second-order valence-corrected chi connectivity index (χ2v) is 6.85. The van der Waals surface area contributed by atoms with E-state index in [-0.39, 0.29) is 12.1 Å². The predicted molar refractivity (Wildman–Crippen MR) is 94.8 cm³/mol. The van der Waals surface area contributed by atoms with Crippen LogP contribution in [0.4, 0.5) is 0 Å². The molecule has 7 heteroatoms. The Kier molecular flexibility index (Phi) is 6.83. The molecule has 1 aromatic rings. The maximum Gasteiger partial charge on any atom is 0.261 e. The van der Waals surface area contributed by atoms with Crippen LogP contribution < -0.4 is 10.9 Å². The number of hydrogen-bond acceptors (Lipinski definition) is 4. The number of aliphatic hydroxyl groups excluding tert-OH is 1. The molecule has 1 amide bonds. The van der Waals surface area contributed by atoms with Crippen LogP contribution in [0.3, 0.4) is 0 Å². The molecule has 0 saturated carbocycles. The van der Waals surface area contributed by atoms with Gasteiger partial charge in [0.15, 0.2) is 0 Å². The van der Waals surface area contributed by atoms with Gasteiger partial charge >= 0.3 is 0 Å². The number of aliphatic hydroxyl groups is 1. The van der Waals surface area contributed by atoms with Gasteiger partial charge in [-0.05, 0) is 45.3 Å². The molecule has 1 fully saturated rings. The molecule has 1 aliphatic rings. The van der Waals surface area contributed by atoms with Gasteiger partial charge in [0.25, 0.3) is 11.5 Å². The number of amides is 1. The molecule has 2 heterocycles. The molecule has 6 nitrogen and oxygen atoms in total. The van der Waals surface area contributed by atoms with Crippen molar-refractivity contribution in [1.82, 2.24) is 15.2 Å². The van der Waals surface area contributed by atoms with Crippen LogP contribution in [0.1, 0.15) is 47.3 Å². The number of H-pyrrole nitrogens is 1. The van der Waals surface area contributed by atoms with Gasteiger partial charge < -0.3 is 20.3 Å². The number of nitrogens with one attached hydrogen (secondary N) is 2. The summed E-state index contributed by atoms with van der Waals surface area (Å²) in [6, 6.07) is 0. The molecular formula is C17H26ClN3O3. The number of aromatic nitrogens is 1. The maximum absolute atomic E-state index is 12.3. The monoisotopic (exact) mass is 355 g/mol. The van der Waals surface area contributed by atoms with Gasteiger partial charge in [0.2, 0.25) is 0 Å². The minimum Gasteiger partial charge on any atom is -0.390 e. The van der Waals surface area contributed by atoms with E-state index in [1.165, 1.54) is 12.8 Å². The van der Waals surface area contributed by atoms with Gasteiger partial charge in [-0.15, -0.1) is 0 Å². The Labute approximate surface area is 147 Å². The topological polar surface area (TPSA) is 85.4 Å². The highest BCUT2D eigenvalue weighted by Crippen LogP contribution is 2.18. The van der Waals surface area contributed by atoms with Crippen LogP contribution in [0.15, 0.2) is 4.79 Å². The maximum atomic E-state index is 12.3. The lowest BCUT2D eigenvalue weighted by Gasteiger charge is -2.23. The minimum atomic E-state index is -0.660. The normalized spacial score (nSPS) is 17.3. The lowest BCUT2D eigenvalue weighted by atomic mass is 10.1. The zero-order valence-corrected chi connectivity index (χ0v) is 15.1. The van der Waals surface area contributed by atoms with Crippen LogP contribution >= 0.6 is 11.6 Å². The van der Waals surface area contributed by atoms with Crippen molar-refractivity contribution in [2.45, 2.75) is 45.6 Å². The van der Waals surface area contributed by atoms with Crippen LogP contribution in [-0.4, -0.2) is 53.2 Å². The molecular weight excluding hydrogens is 330 g/mol. The number of hydrogen-bond donors (Lipinski definition) is 3. The van der Waals surface area contributed by atoms with Gasteiger partial charge in [-0.1, -0.05) is 24.4 Å². The second kappa shape index (κ2) is 8.65. The first-order chi connectivity index (χ1) is 11.4. The molecule has 0 aliphatic carbocycles. The Balaban J connectivity index is 1.93. The number of likely N-dealkylation sites (tertiary alicyclic amines) is 1. The van der Waals surface area contributed by atoms with E-state index in [4.69, 9.17) is 11.6 Å². The molecule has 3 N–H and O–H groups in total. The molecule has 1 aromatic heterocycles. The van der Waals surface area contributed by atoms with Gasteiger partial charge in [-0.25, -0.2) is 0 Å². The van der Waals surface area contributed by atoms with E-state index >= 15 is 0 Å². The highest BCUT2D eigenvalue weighted by atomic mass is 35.5. The van der Waals surface area contributed by atoms with Crippen molar-refractivity contribution < 1.29 is 9.90 Å².